The fourth-order valence-corrected chi connectivity index (χ4v) is 0.640. The maximum Gasteiger partial charge on any atom is 0.171 e. The van der Waals surface area contributed by atoms with Crippen LogP contribution in [0.4, 0.5) is 0 Å². The summed E-state index contributed by atoms with van der Waals surface area (Å²) in [5, 5.41) is 25.8. The number of hydrogen-bond acceptors (Lipinski definition) is 6. The number of rotatable bonds is 5. The second-order valence-electron chi connectivity index (χ2n) is 2.47. The molecule has 0 aromatic rings. The topological polar surface area (TPSA) is 130 Å². The van der Waals surface area contributed by atoms with Crippen LogP contribution in [0.25, 0.3) is 0 Å². The highest BCUT2D eigenvalue weighted by Crippen LogP contribution is 1.94. The quantitative estimate of drug-likeness (QED) is 0.298. The molecule has 0 amide bonds. The third-order valence-corrected chi connectivity index (χ3v) is 1.49. The van der Waals surface area contributed by atoms with E-state index >= 15 is 0 Å². The van der Waals surface area contributed by atoms with Gasteiger partial charge in [0.1, 0.15) is 0 Å². The van der Waals surface area contributed by atoms with Crippen molar-refractivity contribution >= 4 is 5.78 Å². The van der Waals surface area contributed by atoms with Crippen LogP contribution in [0.3, 0.4) is 0 Å². The summed E-state index contributed by atoms with van der Waals surface area (Å²) < 4.78 is 0. The van der Waals surface area contributed by atoms with Gasteiger partial charge in [0.05, 0.1) is 31.4 Å². The van der Waals surface area contributed by atoms with Crippen LogP contribution < -0.4 is 11.5 Å². The van der Waals surface area contributed by atoms with Crippen LogP contribution in [0.1, 0.15) is 0 Å². The largest absolute Gasteiger partial charge is 0.394 e. The van der Waals surface area contributed by atoms with Gasteiger partial charge in [-0.15, -0.1) is 0 Å². The average molecular weight is 178 g/mol. The van der Waals surface area contributed by atoms with E-state index in [1.807, 2.05) is 0 Å². The monoisotopic (exact) mass is 178 g/mol. The summed E-state index contributed by atoms with van der Waals surface area (Å²) in [7, 11) is 0. The van der Waals surface area contributed by atoms with Crippen molar-refractivity contribution < 1.29 is 20.1 Å². The molecule has 0 bridgehead atoms. The Morgan fingerprint density at radius 3 is 2.08 bits per heavy atom. The molecule has 6 nitrogen and oxygen atoms in total. The maximum atomic E-state index is 11.0. The Balaban J connectivity index is 4.09. The lowest BCUT2D eigenvalue weighted by molar-refractivity contribution is -0.125. The first-order chi connectivity index (χ1) is 5.54. The van der Waals surface area contributed by atoms with Crippen molar-refractivity contribution in [2.45, 2.75) is 18.2 Å². The van der Waals surface area contributed by atoms with E-state index in [1.165, 1.54) is 0 Å². The van der Waals surface area contributed by atoms with Crippen LogP contribution in [0.2, 0.25) is 0 Å². The number of carbonyl (C=O) groups is 1. The fraction of sp³-hybridized carbons (Fsp3) is 0.833. The fourth-order valence-electron chi connectivity index (χ4n) is 0.640. The van der Waals surface area contributed by atoms with Gasteiger partial charge < -0.3 is 26.8 Å². The van der Waals surface area contributed by atoms with Crippen LogP contribution in [0.15, 0.2) is 0 Å². The minimum Gasteiger partial charge on any atom is -0.394 e. The molecule has 0 fully saturated rings. The molecule has 0 aromatic heterocycles. The molecular weight excluding hydrogens is 164 g/mol. The first-order valence-corrected chi connectivity index (χ1v) is 3.49. The van der Waals surface area contributed by atoms with Gasteiger partial charge in [-0.1, -0.05) is 0 Å². The zero-order chi connectivity index (χ0) is 9.72. The molecule has 0 aliphatic heterocycles. The van der Waals surface area contributed by atoms with Crippen molar-refractivity contribution in [1.82, 2.24) is 0 Å². The lowest BCUT2D eigenvalue weighted by atomic mass is 10.0. The minimum atomic E-state index is -1.32. The zero-order valence-corrected chi connectivity index (χ0v) is 6.55. The van der Waals surface area contributed by atoms with Crippen LogP contribution in [0, 0.1) is 0 Å². The van der Waals surface area contributed by atoms with Crippen molar-refractivity contribution in [2.75, 3.05) is 13.2 Å². The summed E-state index contributed by atoms with van der Waals surface area (Å²) >= 11 is 0. The van der Waals surface area contributed by atoms with Gasteiger partial charge in [0.25, 0.3) is 0 Å². The highest BCUT2D eigenvalue weighted by molar-refractivity contribution is 5.89. The summed E-state index contributed by atoms with van der Waals surface area (Å²) in [5.74, 6) is -0.668. The molecule has 72 valence electrons. The van der Waals surface area contributed by atoms with Crippen LogP contribution in [-0.2, 0) is 4.79 Å². The Hall–Kier alpha value is -0.530. The number of nitrogens with two attached hydrogens (primary N) is 2. The Bertz CT molecular complexity index is 152. The Kier molecular flexibility index (Phi) is 4.95. The van der Waals surface area contributed by atoms with Gasteiger partial charge >= 0.3 is 0 Å². The second kappa shape index (κ2) is 5.18. The molecule has 0 heterocycles. The van der Waals surface area contributed by atoms with E-state index < -0.39 is 37.2 Å². The van der Waals surface area contributed by atoms with E-state index in [-0.39, 0.29) is 0 Å². The summed E-state index contributed by atoms with van der Waals surface area (Å²) in [5.41, 5.74) is 10.3. The molecule has 0 saturated heterocycles. The van der Waals surface area contributed by atoms with E-state index in [2.05, 4.69) is 0 Å². The van der Waals surface area contributed by atoms with Gasteiger partial charge in [0.15, 0.2) is 5.78 Å². The van der Waals surface area contributed by atoms with E-state index in [0.29, 0.717) is 0 Å². The molecular formula is C6H14N2O4. The Morgan fingerprint density at radius 2 is 1.75 bits per heavy atom. The number of aliphatic hydroxyl groups excluding tert-OH is 3. The predicted molar refractivity (Wildman–Crippen MR) is 41.1 cm³/mol. The molecule has 7 N–H and O–H groups in total. The average Bonchev–Trinajstić information content (AvgIpc) is 2.12. The summed E-state index contributed by atoms with van der Waals surface area (Å²) in [6.07, 6.45) is -1.32. The molecule has 6 heteroatoms. The zero-order valence-electron chi connectivity index (χ0n) is 6.55. The van der Waals surface area contributed by atoms with E-state index in [4.69, 9.17) is 26.8 Å². The highest BCUT2D eigenvalue weighted by Gasteiger charge is 2.25. The molecule has 0 rings (SSSR count). The lowest BCUT2D eigenvalue weighted by Gasteiger charge is -2.17. The maximum absolute atomic E-state index is 11.0. The van der Waals surface area contributed by atoms with Crippen LogP contribution in [0.5, 0.6) is 0 Å². The summed E-state index contributed by atoms with van der Waals surface area (Å²) in [4.78, 5) is 11.0. The van der Waals surface area contributed by atoms with E-state index in [0.717, 1.165) is 0 Å². The highest BCUT2D eigenvalue weighted by atomic mass is 16.3. The molecule has 0 radical (unpaired) electrons. The Labute approximate surface area is 69.8 Å². The first-order valence-electron chi connectivity index (χ1n) is 3.49. The molecule has 3 atom stereocenters. The molecule has 0 aromatic carbocycles. The number of carbonyl (C=O) groups excluding carboxylic acids is 1. The van der Waals surface area contributed by atoms with Gasteiger partial charge in [-0.3, -0.25) is 4.79 Å². The van der Waals surface area contributed by atoms with Gasteiger partial charge in [0.2, 0.25) is 0 Å². The standard InChI is InChI=1S/C6H14N2O4/c7-3(1-9)6(12)5(8)4(11)2-10/h3-5,9-11H,1-2,7-8H2/t3-,4+,5+/m0/s1. The molecule has 0 saturated carbocycles. The lowest BCUT2D eigenvalue weighted by Crippen LogP contribution is -2.52. The molecule has 0 aliphatic rings. The van der Waals surface area contributed by atoms with Gasteiger partial charge in [-0.25, -0.2) is 0 Å². The molecule has 0 aliphatic carbocycles. The number of hydrogen-bond donors (Lipinski definition) is 5. The predicted octanol–water partition coefficient (Wildman–Crippen LogP) is -3.44. The number of aliphatic hydroxyl groups is 3. The van der Waals surface area contributed by atoms with Crippen LogP contribution >= 0.6 is 0 Å². The van der Waals surface area contributed by atoms with Crippen molar-refractivity contribution in [3.8, 4) is 0 Å². The van der Waals surface area contributed by atoms with E-state index in [1.54, 1.807) is 0 Å². The molecule has 12 heavy (non-hydrogen) atoms. The second-order valence-corrected chi connectivity index (χ2v) is 2.47. The van der Waals surface area contributed by atoms with Gasteiger partial charge in [0, 0.05) is 0 Å². The number of ketones is 1. The molecule has 0 unspecified atom stereocenters. The summed E-state index contributed by atoms with van der Waals surface area (Å²) in [6, 6.07) is -2.33. The third kappa shape index (κ3) is 2.84. The van der Waals surface area contributed by atoms with Crippen molar-refractivity contribution in [2.24, 2.45) is 11.5 Å². The van der Waals surface area contributed by atoms with Gasteiger partial charge in [-0.2, -0.15) is 0 Å². The first kappa shape index (κ1) is 11.5. The number of Topliss-reactive ketones (excluding diaryl/α,β-unsaturated/α-hetero) is 1. The SMILES string of the molecule is N[C@@H](CO)C(=O)[C@H](N)[C@H](O)CO. The van der Waals surface area contributed by atoms with Gasteiger partial charge in [-0.05, 0) is 0 Å². The molecule has 0 spiro atoms. The normalized spacial score (nSPS) is 18.4. The van der Waals surface area contributed by atoms with Crippen molar-refractivity contribution in [1.29, 1.82) is 0 Å². The minimum absolute atomic E-state index is 0.523. The smallest absolute Gasteiger partial charge is 0.171 e. The summed E-state index contributed by atoms with van der Waals surface area (Å²) in [6.45, 7) is -1.13. The van der Waals surface area contributed by atoms with Crippen molar-refractivity contribution in [3.05, 3.63) is 0 Å². The van der Waals surface area contributed by atoms with E-state index in [9.17, 15) is 4.79 Å². The Morgan fingerprint density at radius 1 is 1.25 bits per heavy atom. The van der Waals surface area contributed by atoms with Crippen molar-refractivity contribution in [3.63, 3.8) is 0 Å². The third-order valence-electron chi connectivity index (χ3n) is 1.49. The van der Waals surface area contributed by atoms with Crippen LogP contribution in [-0.4, -0.2) is 52.5 Å².